The molecule has 0 aliphatic carbocycles. The molecule has 4 nitrogen and oxygen atoms in total. The highest BCUT2D eigenvalue weighted by atomic mass is 35.5. The fraction of sp³-hybridized carbons (Fsp3) is 0.222. The van der Waals surface area contributed by atoms with Gasteiger partial charge in [0.1, 0.15) is 23.4 Å². The Labute approximate surface area is 96.4 Å². The topological polar surface area (TPSA) is 72.5 Å². The van der Waals surface area contributed by atoms with E-state index in [1.54, 1.807) is 0 Å². The molecule has 3 N–H and O–H groups in total. The van der Waals surface area contributed by atoms with Gasteiger partial charge in [0.05, 0.1) is 12.7 Å². The van der Waals surface area contributed by atoms with E-state index in [9.17, 15) is 13.6 Å². The second-order valence-electron chi connectivity index (χ2n) is 2.82. The van der Waals surface area contributed by atoms with E-state index >= 15 is 0 Å². The molecule has 0 spiro atoms. The first-order chi connectivity index (χ1) is 6.97. The summed E-state index contributed by atoms with van der Waals surface area (Å²) >= 11 is 0. The fourth-order valence-corrected chi connectivity index (χ4v) is 1.10. The lowest BCUT2D eigenvalue weighted by atomic mass is 10.1. The third-order valence-electron chi connectivity index (χ3n) is 1.87. The number of carboxylic acids is 1. The molecule has 90 valence electrons. The Morgan fingerprint density at radius 2 is 1.88 bits per heavy atom. The van der Waals surface area contributed by atoms with Gasteiger partial charge in [0.2, 0.25) is 0 Å². The monoisotopic (exact) mass is 253 g/mol. The van der Waals surface area contributed by atoms with E-state index in [1.807, 2.05) is 0 Å². The summed E-state index contributed by atoms with van der Waals surface area (Å²) in [7, 11) is 1.24. The van der Waals surface area contributed by atoms with Crippen LogP contribution in [0.2, 0.25) is 0 Å². The van der Waals surface area contributed by atoms with Crippen molar-refractivity contribution in [3.05, 3.63) is 29.3 Å². The normalized spacial score (nSPS) is 11.5. The molecule has 0 aliphatic heterocycles. The van der Waals surface area contributed by atoms with Crippen molar-refractivity contribution in [3.8, 4) is 5.75 Å². The molecule has 0 aromatic heterocycles. The van der Waals surface area contributed by atoms with Crippen LogP contribution in [0.4, 0.5) is 8.78 Å². The third kappa shape index (κ3) is 2.80. The number of rotatable bonds is 3. The maximum Gasteiger partial charge on any atom is 0.325 e. The molecule has 1 unspecified atom stereocenters. The standard InChI is InChI=1S/C9H9F2NO3.ClH/c1-15-4-2-5(10)7(6(11)3-4)8(12)9(13)14;/h2-3,8H,12H2,1H3,(H,13,14);1H. The molecule has 0 aliphatic rings. The van der Waals surface area contributed by atoms with Crippen LogP contribution in [0.25, 0.3) is 0 Å². The molecule has 0 saturated heterocycles. The number of methoxy groups -OCH3 is 1. The zero-order chi connectivity index (χ0) is 11.6. The number of ether oxygens (including phenoxy) is 1. The van der Waals surface area contributed by atoms with Crippen molar-refractivity contribution >= 4 is 18.4 Å². The highest BCUT2D eigenvalue weighted by Crippen LogP contribution is 2.24. The molecule has 1 atom stereocenters. The van der Waals surface area contributed by atoms with Gasteiger partial charge in [-0.05, 0) is 0 Å². The van der Waals surface area contributed by atoms with Crippen LogP contribution in [0.1, 0.15) is 11.6 Å². The molecule has 0 heterocycles. The van der Waals surface area contributed by atoms with Crippen molar-refractivity contribution in [1.82, 2.24) is 0 Å². The number of hydrogen-bond acceptors (Lipinski definition) is 3. The van der Waals surface area contributed by atoms with Gasteiger partial charge in [0, 0.05) is 12.1 Å². The zero-order valence-corrected chi connectivity index (χ0v) is 9.05. The van der Waals surface area contributed by atoms with Crippen LogP contribution >= 0.6 is 12.4 Å². The number of halogens is 3. The molecule has 1 aromatic rings. The number of carbonyl (C=O) groups is 1. The number of aliphatic carboxylic acids is 1. The molecule has 0 fully saturated rings. The van der Waals surface area contributed by atoms with Crippen molar-refractivity contribution in [2.45, 2.75) is 6.04 Å². The van der Waals surface area contributed by atoms with Crippen molar-refractivity contribution in [2.75, 3.05) is 7.11 Å². The van der Waals surface area contributed by atoms with Gasteiger partial charge in [0.15, 0.2) is 0 Å². The first kappa shape index (κ1) is 14.6. The van der Waals surface area contributed by atoms with Gasteiger partial charge in [-0.1, -0.05) is 0 Å². The molecule has 0 saturated carbocycles. The molecular weight excluding hydrogens is 244 g/mol. The second-order valence-corrected chi connectivity index (χ2v) is 2.82. The molecule has 0 radical (unpaired) electrons. The summed E-state index contributed by atoms with van der Waals surface area (Å²) in [6, 6.07) is 0.0264. The van der Waals surface area contributed by atoms with E-state index in [-0.39, 0.29) is 18.2 Å². The Morgan fingerprint density at radius 1 is 1.44 bits per heavy atom. The Bertz CT molecular complexity index is 377. The third-order valence-corrected chi connectivity index (χ3v) is 1.87. The first-order valence-corrected chi connectivity index (χ1v) is 3.98. The number of carboxylic acid groups (broad SMARTS) is 1. The summed E-state index contributed by atoms with van der Waals surface area (Å²) in [5.74, 6) is -3.62. The van der Waals surface area contributed by atoms with E-state index in [2.05, 4.69) is 4.74 Å². The van der Waals surface area contributed by atoms with Gasteiger partial charge in [-0.15, -0.1) is 12.4 Å². The zero-order valence-electron chi connectivity index (χ0n) is 8.24. The fourth-order valence-electron chi connectivity index (χ4n) is 1.10. The van der Waals surface area contributed by atoms with Crippen LogP contribution in [-0.4, -0.2) is 18.2 Å². The Hall–Kier alpha value is -1.40. The van der Waals surface area contributed by atoms with Crippen molar-refractivity contribution in [1.29, 1.82) is 0 Å². The van der Waals surface area contributed by atoms with E-state index in [4.69, 9.17) is 10.8 Å². The summed E-state index contributed by atoms with van der Waals surface area (Å²) in [5.41, 5.74) is 4.43. The Balaban J connectivity index is 0.00000225. The lowest BCUT2D eigenvalue weighted by Crippen LogP contribution is -2.23. The first-order valence-electron chi connectivity index (χ1n) is 3.98. The van der Waals surface area contributed by atoms with Crippen LogP contribution in [0.15, 0.2) is 12.1 Å². The van der Waals surface area contributed by atoms with Gasteiger partial charge in [0.25, 0.3) is 0 Å². The number of nitrogens with two attached hydrogens (primary N) is 1. The summed E-state index contributed by atoms with van der Waals surface area (Å²) in [5, 5.41) is 8.52. The average Bonchev–Trinajstić information content (AvgIpc) is 2.16. The molecule has 0 amide bonds. The van der Waals surface area contributed by atoms with Gasteiger partial charge in [-0.3, -0.25) is 4.79 Å². The minimum atomic E-state index is -1.73. The minimum Gasteiger partial charge on any atom is -0.497 e. The summed E-state index contributed by atoms with van der Waals surface area (Å²) in [6.45, 7) is 0. The van der Waals surface area contributed by atoms with E-state index in [0.717, 1.165) is 12.1 Å². The van der Waals surface area contributed by atoms with E-state index in [0.29, 0.717) is 0 Å². The smallest absolute Gasteiger partial charge is 0.325 e. The van der Waals surface area contributed by atoms with Crippen LogP contribution in [0.3, 0.4) is 0 Å². The van der Waals surface area contributed by atoms with Gasteiger partial charge in [-0.2, -0.15) is 0 Å². The van der Waals surface area contributed by atoms with Crippen molar-refractivity contribution < 1.29 is 23.4 Å². The highest BCUT2D eigenvalue weighted by molar-refractivity contribution is 5.85. The van der Waals surface area contributed by atoms with E-state index < -0.39 is 29.2 Å². The summed E-state index contributed by atoms with van der Waals surface area (Å²) in [6.07, 6.45) is 0. The lowest BCUT2D eigenvalue weighted by Gasteiger charge is -2.10. The maximum absolute atomic E-state index is 13.2. The van der Waals surface area contributed by atoms with Gasteiger partial charge in [-0.25, -0.2) is 8.78 Å². The van der Waals surface area contributed by atoms with Crippen LogP contribution in [-0.2, 0) is 4.79 Å². The largest absolute Gasteiger partial charge is 0.497 e. The predicted molar refractivity (Wildman–Crippen MR) is 54.7 cm³/mol. The quantitative estimate of drug-likeness (QED) is 0.856. The highest BCUT2D eigenvalue weighted by Gasteiger charge is 2.23. The number of hydrogen-bond donors (Lipinski definition) is 2. The van der Waals surface area contributed by atoms with Gasteiger partial charge >= 0.3 is 5.97 Å². The van der Waals surface area contributed by atoms with E-state index in [1.165, 1.54) is 7.11 Å². The average molecular weight is 254 g/mol. The second kappa shape index (κ2) is 5.62. The molecule has 0 bridgehead atoms. The summed E-state index contributed by atoms with van der Waals surface area (Å²) in [4.78, 5) is 10.5. The molecule has 16 heavy (non-hydrogen) atoms. The van der Waals surface area contributed by atoms with Crippen LogP contribution in [0, 0.1) is 11.6 Å². The molecule has 1 rings (SSSR count). The number of benzene rings is 1. The van der Waals surface area contributed by atoms with Crippen molar-refractivity contribution in [3.63, 3.8) is 0 Å². The Morgan fingerprint density at radius 3 is 2.19 bits per heavy atom. The lowest BCUT2D eigenvalue weighted by molar-refractivity contribution is -0.138. The molecular formula is C9H10ClF2NO3. The SMILES string of the molecule is COc1cc(F)c(C(N)C(=O)O)c(F)c1.Cl. The molecule has 7 heteroatoms. The maximum atomic E-state index is 13.2. The van der Waals surface area contributed by atoms with Crippen molar-refractivity contribution in [2.24, 2.45) is 5.73 Å². The Kier molecular flexibility index (Phi) is 5.13. The summed E-state index contributed by atoms with van der Waals surface area (Å²) < 4.78 is 31.1. The van der Waals surface area contributed by atoms with Crippen LogP contribution in [0.5, 0.6) is 5.75 Å². The van der Waals surface area contributed by atoms with Crippen LogP contribution < -0.4 is 10.5 Å². The predicted octanol–water partition coefficient (Wildman–Crippen LogP) is 1.48. The molecule has 1 aromatic carbocycles. The minimum absolute atomic E-state index is 0. The van der Waals surface area contributed by atoms with Gasteiger partial charge < -0.3 is 15.6 Å².